The SMILES string of the molecule is Nc1nc(NCCn2ccc(C(F)(F)F)n2)nc(-c2ccc3cn[nH]c3c2)n1. The van der Waals surface area contributed by atoms with E-state index in [1.54, 1.807) is 6.20 Å². The molecule has 4 aromatic rings. The Morgan fingerprint density at radius 1 is 1.14 bits per heavy atom. The Hall–Kier alpha value is -3.70. The van der Waals surface area contributed by atoms with Crippen molar-refractivity contribution in [1.82, 2.24) is 34.9 Å². The van der Waals surface area contributed by atoms with Gasteiger partial charge in [-0.3, -0.25) is 9.78 Å². The zero-order valence-corrected chi connectivity index (χ0v) is 14.3. The van der Waals surface area contributed by atoms with Gasteiger partial charge in [-0.15, -0.1) is 0 Å². The number of hydrogen-bond donors (Lipinski definition) is 3. The van der Waals surface area contributed by atoms with E-state index >= 15 is 0 Å². The number of H-pyrrole nitrogens is 1. The molecule has 28 heavy (non-hydrogen) atoms. The molecule has 0 bridgehead atoms. The molecule has 0 aliphatic carbocycles. The van der Waals surface area contributed by atoms with E-state index in [0.717, 1.165) is 22.5 Å². The molecule has 0 atom stereocenters. The first-order valence-corrected chi connectivity index (χ1v) is 8.18. The minimum absolute atomic E-state index is 0.0238. The minimum Gasteiger partial charge on any atom is -0.368 e. The molecule has 0 unspecified atom stereocenters. The Morgan fingerprint density at radius 2 is 2.00 bits per heavy atom. The Kier molecular flexibility index (Phi) is 4.29. The number of anilines is 2. The normalized spacial score (nSPS) is 11.8. The highest BCUT2D eigenvalue weighted by Crippen LogP contribution is 2.27. The third-order valence-electron chi connectivity index (χ3n) is 3.91. The lowest BCUT2D eigenvalue weighted by Crippen LogP contribution is -2.15. The lowest BCUT2D eigenvalue weighted by molar-refractivity contribution is -0.141. The fourth-order valence-corrected chi connectivity index (χ4v) is 2.60. The van der Waals surface area contributed by atoms with Crippen LogP contribution in [0.5, 0.6) is 0 Å². The van der Waals surface area contributed by atoms with Gasteiger partial charge in [0.15, 0.2) is 11.5 Å². The van der Waals surface area contributed by atoms with Crippen LogP contribution in [0.1, 0.15) is 5.69 Å². The number of aromatic amines is 1. The van der Waals surface area contributed by atoms with E-state index in [-0.39, 0.29) is 25.0 Å². The number of hydrogen-bond acceptors (Lipinski definition) is 7. The second kappa shape index (κ2) is 6.79. The summed E-state index contributed by atoms with van der Waals surface area (Å²) in [4.78, 5) is 12.4. The first kappa shape index (κ1) is 17.7. The van der Waals surface area contributed by atoms with Crippen molar-refractivity contribution in [2.75, 3.05) is 17.6 Å². The van der Waals surface area contributed by atoms with E-state index in [4.69, 9.17) is 5.73 Å². The van der Waals surface area contributed by atoms with Crippen molar-refractivity contribution in [2.45, 2.75) is 12.7 Å². The van der Waals surface area contributed by atoms with Gasteiger partial charge in [-0.25, -0.2) is 0 Å². The minimum atomic E-state index is -4.47. The summed E-state index contributed by atoms with van der Waals surface area (Å²) in [6.07, 6.45) is -1.50. The molecule has 0 fully saturated rings. The highest BCUT2D eigenvalue weighted by molar-refractivity contribution is 5.82. The molecule has 144 valence electrons. The molecule has 0 radical (unpaired) electrons. The van der Waals surface area contributed by atoms with Crippen LogP contribution < -0.4 is 11.1 Å². The number of alkyl halides is 3. The second-order valence-corrected chi connectivity index (χ2v) is 5.90. The van der Waals surface area contributed by atoms with Gasteiger partial charge in [-0.1, -0.05) is 12.1 Å². The van der Waals surface area contributed by atoms with Crippen molar-refractivity contribution in [3.05, 3.63) is 42.4 Å². The second-order valence-electron chi connectivity index (χ2n) is 5.90. The summed E-state index contributed by atoms with van der Waals surface area (Å²) >= 11 is 0. The van der Waals surface area contributed by atoms with Crippen LogP contribution in [0.3, 0.4) is 0 Å². The van der Waals surface area contributed by atoms with Gasteiger partial charge in [0.05, 0.1) is 18.3 Å². The average Bonchev–Trinajstić information content (AvgIpc) is 3.29. The quantitative estimate of drug-likeness (QED) is 0.479. The molecule has 0 amide bonds. The van der Waals surface area contributed by atoms with Crippen LogP contribution in [0.2, 0.25) is 0 Å². The smallest absolute Gasteiger partial charge is 0.368 e. The van der Waals surface area contributed by atoms with Crippen molar-refractivity contribution in [3.8, 4) is 11.4 Å². The summed E-state index contributed by atoms with van der Waals surface area (Å²) in [6, 6.07) is 6.46. The molecule has 3 aromatic heterocycles. The average molecular weight is 389 g/mol. The number of nitrogens with two attached hydrogens (primary N) is 1. The molecule has 4 rings (SSSR count). The van der Waals surface area contributed by atoms with Crippen LogP contribution in [0.15, 0.2) is 36.7 Å². The Labute approximate surface area is 155 Å². The van der Waals surface area contributed by atoms with Crippen LogP contribution in [0, 0.1) is 0 Å². The van der Waals surface area contributed by atoms with E-state index < -0.39 is 11.9 Å². The summed E-state index contributed by atoms with van der Waals surface area (Å²) in [5.41, 5.74) is 6.36. The molecule has 0 saturated carbocycles. The Morgan fingerprint density at radius 3 is 2.79 bits per heavy atom. The molecule has 0 aliphatic rings. The maximum Gasteiger partial charge on any atom is 0.435 e. The molecule has 9 nitrogen and oxygen atoms in total. The first-order valence-electron chi connectivity index (χ1n) is 8.18. The van der Waals surface area contributed by atoms with Gasteiger partial charge in [-0.2, -0.15) is 38.3 Å². The van der Waals surface area contributed by atoms with Crippen LogP contribution in [-0.4, -0.2) is 41.5 Å². The highest BCUT2D eigenvalue weighted by Gasteiger charge is 2.33. The van der Waals surface area contributed by atoms with Crippen molar-refractivity contribution < 1.29 is 13.2 Å². The van der Waals surface area contributed by atoms with Crippen LogP contribution in [0.25, 0.3) is 22.3 Å². The van der Waals surface area contributed by atoms with Gasteiger partial charge in [0.25, 0.3) is 0 Å². The summed E-state index contributed by atoms with van der Waals surface area (Å²) in [5.74, 6) is 0.607. The summed E-state index contributed by atoms with van der Waals surface area (Å²) in [7, 11) is 0. The van der Waals surface area contributed by atoms with Crippen LogP contribution in [0.4, 0.5) is 25.1 Å². The number of rotatable bonds is 5. The topological polar surface area (TPSA) is 123 Å². The van der Waals surface area contributed by atoms with Crippen molar-refractivity contribution in [2.24, 2.45) is 0 Å². The molecule has 1 aromatic carbocycles. The lowest BCUT2D eigenvalue weighted by Gasteiger charge is -2.08. The molecule has 0 aliphatic heterocycles. The van der Waals surface area contributed by atoms with E-state index in [9.17, 15) is 13.2 Å². The maximum atomic E-state index is 12.6. The van der Waals surface area contributed by atoms with Crippen molar-refractivity contribution in [1.29, 1.82) is 0 Å². The first-order chi connectivity index (χ1) is 13.4. The Balaban J connectivity index is 1.47. The number of nitrogens with zero attached hydrogens (tertiary/aromatic N) is 6. The van der Waals surface area contributed by atoms with Gasteiger partial charge in [-0.05, 0) is 12.1 Å². The van der Waals surface area contributed by atoms with Crippen LogP contribution >= 0.6 is 0 Å². The fraction of sp³-hybridized carbons (Fsp3) is 0.188. The third kappa shape index (κ3) is 3.70. The van der Waals surface area contributed by atoms with E-state index in [1.807, 2.05) is 18.2 Å². The maximum absolute atomic E-state index is 12.6. The van der Waals surface area contributed by atoms with Gasteiger partial charge >= 0.3 is 6.18 Å². The summed E-state index contributed by atoms with van der Waals surface area (Å²) in [6.45, 7) is 0.443. The number of fused-ring (bicyclic) bond motifs is 1. The van der Waals surface area contributed by atoms with Gasteiger partial charge in [0.2, 0.25) is 11.9 Å². The standard InChI is InChI=1S/C16H14F3N9/c17-16(18,19)12-3-5-28(27-12)6-4-21-15-24-13(23-14(20)25-15)9-1-2-10-8-22-26-11(10)7-9/h1-3,5,7-8H,4,6H2,(H,22,26)(H3,20,21,23,24,25). The monoisotopic (exact) mass is 389 g/mol. The lowest BCUT2D eigenvalue weighted by atomic mass is 10.1. The zero-order chi connectivity index (χ0) is 19.7. The van der Waals surface area contributed by atoms with Crippen molar-refractivity contribution in [3.63, 3.8) is 0 Å². The number of aromatic nitrogens is 7. The van der Waals surface area contributed by atoms with Gasteiger partial charge < -0.3 is 11.1 Å². The third-order valence-corrected chi connectivity index (χ3v) is 3.91. The predicted molar refractivity (Wildman–Crippen MR) is 95.0 cm³/mol. The largest absolute Gasteiger partial charge is 0.435 e. The Bertz CT molecular complexity index is 1120. The van der Waals surface area contributed by atoms with E-state index in [1.165, 1.54) is 10.9 Å². The number of halogens is 3. The summed E-state index contributed by atoms with van der Waals surface area (Å²) < 4.78 is 38.9. The van der Waals surface area contributed by atoms with E-state index in [0.29, 0.717) is 5.82 Å². The molecular weight excluding hydrogens is 375 g/mol. The van der Waals surface area contributed by atoms with Gasteiger partial charge in [0.1, 0.15) is 0 Å². The number of nitrogen functional groups attached to an aromatic ring is 1. The number of benzene rings is 1. The molecule has 12 heteroatoms. The summed E-state index contributed by atoms with van der Waals surface area (Å²) in [5, 5.41) is 14.2. The molecular formula is C16H14F3N9. The van der Waals surface area contributed by atoms with E-state index in [2.05, 4.69) is 35.6 Å². The zero-order valence-electron chi connectivity index (χ0n) is 14.3. The molecule has 0 saturated heterocycles. The molecule has 0 spiro atoms. The predicted octanol–water partition coefficient (Wildman–Crippen LogP) is 2.32. The fourth-order valence-electron chi connectivity index (χ4n) is 2.60. The van der Waals surface area contributed by atoms with Crippen molar-refractivity contribution >= 4 is 22.8 Å². The van der Waals surface area contributed by atoms with Gasteiger partial charge in [0, 0.05) is 23.7 Å². The molecule has 3 heterocycles. The molecule has 4 N–H and O–H groups in total. The number of nitrogens with one attached hydrogen (secondary N) is 2. The van der Waals surface area contributed by atoms with Crippen LogP contribution in [-0.2, 0) is 12.7 Å². The highest BCUT2D eigenvalue weighted by atomic mass is 19.4.